The van der Waals surface area contributed by atoms with Gasteiger partial charge in [-0.2, -0.15) is 0 Å². The van der Waals surface area contributed by atoms with Crippen LogP contribution in [0.1, 0.15) is 10.4 Å². The van der Waals surface area contributed by atoms with Gasteiger partial charge in [0.2, 0.25) is 0 Å². The van der Waals surface area contributed by atoms with E-state index in [2.05, 4.69) is 10.6 Å². The summed E-state index contributed by atoms with van der Waals surface area (Å²) in [5.41, 5.74) is 8.65. The third-order valence-electron chi connectivity index (χ3n) is 2.89. The van der Waals surface area contributed by atoms with Crippen LogP contribution < -0.4 is 16.4 Å². The number of rotatable bonds is 4. The van der Waals surface area contributed by atoms with Gasteiger partial charge in [0, 0.05) is 17.6 Å². The van der Waals surface area contributed by atoms with E-state index in [1.165, 1.54) is 0 Å². The van der Waals surface area contributed by atoms with Crippen LogP contribution in [0, 0.1) is 0 Å². The minimum Gasteiger partial charge on any atom is -0.399 e. The van der Waals surface area contributed by atoms with Gasteiger partial charge in [-0.25, -0.2) is 0 Å². The Hall–Kier alpha value is -2.14. The summed E-state index contributed by atoms with van der Waals surface area (Å²) in [6.45, 7) is 0. The van der Waals surface area contributed by atoms with E-state index >= 15 is 0 Å². The molecule has 104 valence electrons. The van der Waals surface area contributed by atoms with E-state index in [0.29, 0.717) is 16.9 Å². The number of carbonyl (C=O) groups is 1. The number of carbonyl (C=O) groups excluding carboxylic acids is 1. The van der Waals surface area contributed by atoms with E-state index in [1.807, 2.05) is 30.5 Å². The Morgan fingerprint density at radius 2 is 1.90 bits per heavy atom. The largest absolute Gasteiger partial charge is 0.399 e. The first-order chi connectivity index (χ1) is 9.65. The maximum Gasteiger partial charge on any atom is 0.253 e. The minimum absolute atomic E-state index is 0.144. The fraction of sp³-hybridized carbons (Fsp3) is 0.133. The van der Waals surface area contributed by atoms with Crippen molar-refractivity contribution in [3.63, 3.8) is 0 Å². The Bertz CT molecular complexity index is 628. The predicted molar refractivity (Wildman–Crippen MR) is 85.8 cm³/mol. The lowest BCUT2D eigenvalue weighted by molar-refractivity contribution is 0.0964. The van der Waals surface area contributed by atoms with Gasteiger partial charge in [-0.05, 0) is 36.6 Å². The molecule has 1 amide bonds. The smallest absolute Gasteiger partial charge is 0.253 e. The molecular formula is C15H17N3OS. The Morgan fingerprint density at radius 1 is 1.15 bits per heavy atom. The molecule has 2 rings (SSSR count). The van der Waals surface area contributed by atoms with Gasteiger partial charge in [0.05, 0.1) is 16.9 Å². The van der Waals surface area contributed by atoms with Crippen molar-refractivity contribution in [1.82, 2.24) is 5.32 Å². The number of para-hydroxylation sites is 1. The zero-order chi connectivity index (χ0) is 14.5. The number of nitrogen functional groups attached to an aromatic ring is 1. The summed E-state index contributed by atoms with van der Waals surface area (Å²) in [4.78, 5) is 13.0. The van der Waals surface area contributed by atoms with Gasteiger partial charge in [0.1, 0.15) is 0 Å². The van der Waals surface area contributed by atoms with Gasteiger partial charge in [0.15, 0.2) is 0 Å². The van der Waals surface area contributed by atoms with Crippen LogP contribution in [-0.2, 0) is 0 Å². The average molecular weight is 287 g/mol. The second kappa shape index (κ2) is 6.34. The molecule has 2 aromatic rings. The topological polar surface area (TPSA) is 67.2 Å². The van der Waals surface area contributed by atoms with E-state index in [0.717, 1.165) is 10.6 Å². The molecule has 5 heteroatoms. The van der Waals surface area contributed by atoms with Crippen LogP contribution in [0.5, 0.6) is 0 Å². The highest BCUT2D eigenvalue weighted by Crippen LogP contribution is 2.30. The summed E-state index contributed by atoms with van der Waals surface area (Å²) in [7, 11) is 1.61. The van der Waals surface area contributed by atoms with Crippen molar-refractivity contribution < 1.29 is 4.79 Å². The molecule has 0 unspecified atom stereocenters. The van der Waals surface area contributed by atoms with Crippen LogP contribution in [0.2, 0.25) is 0 Å². The summed E-state index contributed by atoms with van der Waals surface area (Å²) in [5, 5.41) is 5.92. The van der Waals surface area contributed by atoms with E-state index in [4.69, 9.17) is 5.73 Å². The van der Waals surface area contributed by atoms with Crippen molar-refractivity contribution in [2.75, 3.05) is 24.4 Å². The fourth-order valence-corrected chi connectivity index (χ4v) is 2.44. The lowest BCUT2D eigenvalue weighted by Crippen LogP contribution is -2.19. The van der Waals surface area contributed by atoms with Crippen molar-refractivity contribution in [3.8, 4) is 0 Å². The number of hydrogen-bond donors (Lipinski definition) is 3. The molecule has 0 bridgehead atoms. The molecule has 4 N–H and O–H groups in total. The SMILES string of the molecule is CNC(=O)c1ccc(N)cc1Nc1ccccc1SC. The van der Waals surface area contributed by atoms with Crippen molar-refractivity contribution >= 4 is 34.7 Å². The molecule has 0 radical (unpaired) electrons. The monoisotopic (exact) mass is 287 g/mol. The van der Waals surface area contributed by atoms with E-state index in [1.54, 1.807) is 37.0 Å². The number of nitrogens with two attached hydrogens (primary N) is 1. The van der Waals surface area contributed by atoms with Gasteiger partial charge in [-0.1, -0.05) is 12.1 Å². The molecule has 4 nitrogen and oxygen atoms in total. The number of thioether (sulfide) groups is 1. The molecule has 0 aliphatic rings. The quantitative estimate of drug-likeness (QED) is 0.597. The van der Waals surface area contributed by atoms with Crippen molar-refractivity contribution in [2.45, 2.75) is 4.90 Å². The van der Waals surface area contributed by atoms with E-state index in [9.17, 15) is 4.79 Å². The number of nitrogens with one attached hydrogen (secondary N) is 2. The first-order valence-corrected chi connectivity index (χ1v) is 7.40. The summed E-state index contributed by atoms with van der Waals surface area (Å²) in [6, 6.07) is 13.1. The Morgan fingerprint density at radius 3 is 2.60 bits per heavy atom. The highest BCUT2D eigenvalue weighted by atomic mass is 32.2. The second-order valence-electron chi connectivity index (χ2n) is 4.21. The lowest BCUT2D eigenvalue weighted by Gasteiger charge is -2.14. The van der Waals surface area contributed by atoms with Crippen molar-refractivity contribution in [3.05, 3.63) is 48.0 Å². The standard InChI is InChI=1S/C15H17N3OS/c1-17-15(19)11-8-7-10(16)9-13(11)18-12-5-3-4-6-14(12)20-2/h3-9,18H,16H2,1-2H3,(H,17,19). The molecule has 0 saturated heterocycles. The molecule has 20 heavy (non-hydrogen) atoms. The van der Waals surface area contributed by atoms with E-state index < -0.39 is 0 Å². The molecule has 0 spiro atoms. The van der Waals surface area contributed by atoms with Gasteiger partial charge in [-0.15, -0.1) is 11.8 Å². The van der Waals surface area contributed by atoms with Crippen LogP contribution >= 0.6 is 11.8 Å². The predicted octanol–water partition coefficient (Wildman–Crippen LogP) is 3.09. The maximum atomic E-state index is 11.9. The summed E-state index contributed by atoms with van der Waals surface area (Å²) < 4.78 is 0. The van der Waals surface area contributed by atoms with Gasteiger partial charge in [0.25, 0.3) is 5.91 Å². The molecule has 0 saturated carbocycles. The number of anilines is 3. The molecule has 0 fully saturated rings. The highest BCUT2D eigenvalue weighted by Gasteiger charge is 2.11. The third kappa shape index (κ3) is 3.05. The molecule has 2 aromatic carbocycles. The summed E-state index contributed by atoms with van der Waals surface area (Å²) in [5.74, 6) is -0.144. The molecule has 0 aromatic heterocycles. The molecular weight excluding hydrogens is 270 g/mol. The molecule has 0 aliphatic heterocycles. The normalized spacial score (nSPS) is 10.1. The van der Waals surface area contributed by atoms with Crippen LogP contribution in [0.25, 0.3) is 0 Å². The summed E-state index contributed by atoms with van der Waals surface area (Å²) in [6.07, 6.45) is 2.01. The average Bonchev–Trinajstić information content (AvgIpc) is 2.47. The molecule has 0 atom stereocenters. The van der Waals surface area contributed by atoms with Crippen molar-refractivity contribution in [2.24, 2.45) is 0 Å². The lowest BCUT2D eigenvalue weighted by atomic mass is 10.1. The van der Waals surface area contributed by atoms with Crippen LogP contribution in [0.15, 0.2) is 47.4 Å². The van der Waals surface area contributed by atoms with Crippen molar-refractivity contribution in [1.29, 1.82) is 0 Å². The Kier molecular flexibility index (Phi) is 4.53. The number of benzene rings is 2. The van der Waals surface area contributed by atoms with Crippen LogP contribution in [0.4, 0.5) is 17.1 Å². The summed E-state index contributed by atoms with van der Waals surface area (Å²) >= 11 is 1.64. The van der Waals surface area contributed by atoms with Crippen LogP contribution in [-0.4, -0.2) is 19.2 Å². The highest BCUT2D eigenvalue weighted by molar-refractivity contribution is 7.98. The minimum atomic E-state index is -0.144. The number of hydrogen-bond acceptors (Lipinski definition) is 4. The zero-order valence-corrected chi connectivity index (χ0v) is 12.3. The first-order valence-electron chi connectivity index (χ1n) is 6.17. The second-order valence-corrected chi connectivity index (χ2v) is 5.06. The first kappa shape index (κ1) is 14.3. The maximum absolute atomic E-state index is 11.9. The van der Waals surface area contributed by atoms with Gasteiger partial charge >= 0.3 is 0 Å². The third-order valence-corrected chi connectivity index (χ3v) is 3.69. The Balaban J connectivity index is 2.42. The fourth-order valence-electron chi connectivity index (χ4n) is 1.89. The van der Waals surface area contributed by atoms with Crippen LogP contribution in [0.3, 0.4) is 0 Å². The number of amides is 1. The molecule has 0 aliphatic carbocycles. The molecule has 0 heterocycles. The zero-order valence-electron chi connectivity index (χ0n) is 11.4. The Labute approximate surface area is 122 Å². The van der Waals surface area contributed by atoms with Gasteiger partial charge in [-0.3, -0.25) is 4.79 Å². The van der Waals surface area contributed by atoms with E-state index in [-0.39, 0.29) is 5.91 Å². The van der Waals surface area contributed by atoms with Gasteiger partial charge < -0.3 is 16.4 Å².